The zero-order chi connectivity index (χ0) is 19.1. The fraction of sp³-hybridized carbons (Fsp3) is 0.150. The first kappa shape index (κ1) is 17.5. The highest BCUT2D eigenvalue weighted by atomic mass is 79.9. The number of hydrogen-bond donors (Lipinski definition) is 3. The van der Waals surface area contributed by atoms with Crippen molar-refractivity contribution < 1.29 is 5.11 Å². The van der Waals surface area contributed by atoms with Crippen LogP contribution in [0, 0.1) is 5.41 Å². The first-order chi connectivity index (χ1) is 13.0. The fourth-order valence-electron chi connectivity index (χ4n) is 3.19. The van der Waals surface area contributed by atoms with Gasteiger partial charge in [-0.15, -0.1) is 0 Å². The summed E-state index contributed by atoms with van der Waals surface area (Å²) in [5.74, 6) is 0.320. The van der Waals surface area contributed by atoms with Crippen LogP contribution in [-0.2, 0) is 6.42 Å². The summed E-state index contributed by atoms with van der Waals surface area (Å²) in [6.07, 6.45) is 0.935. The van der Waals surface area contributed by atoms with Gasteiger partial charge in [0.1, 0.15) is 17.4 Å². The van der Waals surface area contributed by atoms with Crippen LogP contribution < -0.4 is 10.5 Å². The van der Waals surface area contributed by atoms with Crippen molar-refractivity contribution in [1.82, 2.24) is 9.97 Å². The number of aliphatic hydroxyl groups is 1. The topological polar surface area (TPSA) is 93.1 Å². The van der Waals surface area contributed by atoms with Gasteiger partial charge in [-0.3, -0.25) is 10.2 Å². The van der Waals surface area contributed by atoms with E-state index in [9.17, 15) is 9.90 Å². The summed E-state index contributed by atoms with van der Waals surface area (Å²) >= 11 is 3.34. The molecule has 0 saturated carbocycles. The van der Waals surface area contributed by atoms with Gasteiger partial charge in [-0.1, -0.05) is 35.0 Å². The van der Waals surface area contributed by atoms with Crippen LogP contribution in [0.4, 0.5) is 5.69 Å². The molecule has 0 atom stereocenters. The molecule has 1 aliphatic rings. The van der Waals surface area contributed by atoms with Gasteiger partial charge in [0.05, 0.1) is 23.0 Å². The minimum absolute atomic E-state index is 0.0131. The van der Waals surface area contributed by atoms with Crippen LogP contribution >= 0.6 is 15.9 Å². The number of aryl methyl sites for hydroxylation is 1. The Morgan fingerprint density at radius 3 is 2.70 bits per heavy atom. The normalized spacial score (nSPS) is 14.4. The van der Waals surface area contributed by atoms with E-state index in [-0.39, 0.29) is 35.1 Å². The molecule has 0 radical (unpaired) electrons. The third-order valence-electron chi connectivity index (χ3n) is 4.66. The second-order valence-electron chi connectivity index (χ2n) is 6.35. The molecular weight excluding hydrogens is 408 g/mol. The minimum Gasteiger partial charge on any atom is -0.509 e. The van der Waals surface area contributed by atoms with E-state index in [1.807, 2.05) is 24.3 Å². The average Bonchev–Trinajstić information content (AvgIpc) is 2.96. The Morgan fingerprint density at radius 1 is 1.26 bits per heavy atom. The van der Waals surface area contributed by atoms with Gasteiger partial charge in [-0.2, -0.15) is 0 Å². The lowest BCUT2D eigenvalue weighted by molar-refractivity contribution is 0.411. The molecule has 4 rings (SSSR count). The summed E-state index contributed by atoms with van der Waals surface area (Å²) in [6.45, 7) is 2.25. The molecule has 3 aromatic rings. The highest BCUT2D eigenvalue weighted by Gasteiger charge is 2.31. The number of nitrogens with zero attached hydrogens (tertiary/aromatic N) is 2. The monoisotopic (exact) mass is 424 g/mol. The standard InChI is InChI=1S/C20H17BrN4O2/c1-2-11-3-6-13(7-4-11)25-10-16(26)17(18(25)22)19-23-15-8-5-12(21)9-14(15)20(27)24-19/h3-9,22,26H,2,10H2,1H3,(H,23,24,27). The predicted molar refractivity (Wildman–Crippen MR) is 111 cm³/mol. The van der Waals surface area contributed by atoms with E-state index in [1.54, 1.807) is 23.1 Å². The number of aromatic amines is 1. The first-order valence-corrected chi connectivity index (χ1v) is 9.34. The Hall–Kier alpha value is -2.93. The van der Waals surface area contributed by atoms with Crippen molar-refractivity contribution in [2.24, 2.45) is 0 Å². The van der Waals surface area contributed by atoms with Crippen LogP contribution in [0.3, 0.4) is 0 Å². The maximum Gasteiger partial charge on any atom is 0.259 e. The third-order valence-corrected chi connectivity index (χ3v) is 5.16. The maximum absolute atomic E-state index is 12.4. The number of hydrogen-bond acceptors (Lipinski definition) is 4. The molecule has 0 amide bonds. The Labute approximate surface area is 163 Å². The van der Waals surface area contributed by atoms with Crippen LogP contribution in [0.2, 0.25) is 0 Å². The molecule has 2 aromatic carbocycles. The van der Waals surface area contributed by atoms with Crippen molar-refractivity contribution >= 4 is 43.9 Å². The molecule has 0 spiro atoms. The van der Waals surface area contributed by atoms with Crippen molar-refractivity contribution in [2.45, 2.75) is 13.3 Å². The summed E-state index contributed by atoms with van der Waals surface area (Å²) in [5.41, 5.74) is 2.46. The Balaban J connectivity index is 1.74. The molecule has 136 valence electrons. The summed E-state index contributed by atoms with van der Waals surface area (Å²) in [6, 6.07) is 13.1. The van der Waals surface area contributed by atoms with Crippen molar-refractivity contribution in [3.05, 3.63) is 74.4 Å². The molecule has 0 bridgehead atoms. The van der Waals surface area contributed by atoms with Crippen molar-refractivity contribution in [3.8, 4) is 0 Å². The smallest absolute Gasteiger partial charge is 0.259 e. The van der Waals surface area contributed by atoms with E-state index < -0.39 is 0 Å². The number of halogens is 1. The van der Waals surface area contributed by atoms with Crippen molar-refractivity contribution in [2.75, 3.05) is 11.4 Å². The molecule has 3 N–H and O–H groups in total. The van der Waals surface area contributed by atoms with E-state index >= 15 is 0 Å². The fourth-order valence-corrected chi connectivity index (χ4v) is 3.55. The number of aromatic nitrogens is 2. The van der Waals surface area contributed by atoms with Crippen molar-refractivity contribution in [3.63, 3.8) is 0 Å². The summed E-state index contributed by atoms with van der Waals surface area (Å²) < 4.78 is 0.785. The van der Waals surface area contributed by atoms with Crippen LogP contribution in [0.1, 0.15) is 18.3 Å². The first-order valence-electron chi connectivity index (χ1n) is 8.55. The SMILES string of the molecule is CCc1ccc(N2CC(O)=C(c3nc4ccc(Br)cc4c(=O)[nH]3)C2=N)cc1. The number of rotatable bonds is 3. The molecule has 1 aromatic heterocycles. The largest absolute Gasteiger partial charge is 0.509 e. The molecule has 0 aliphatic carbocycles. The number of H-pyrrole nitrogens is 1. The van der Waals surface area contributed by atoms with Crippen molar-refractivity contribution in [1.29, 1.82) is 5.41 Å². The lowest BCUT2D eigenvalue weighted by Gasteiger charge is -2.19. The van der Waals surface area contributed by atoms with E-state index in [0.717, 1.165) is 16.6 Å². The zero-order valence-electron chi connectivity index (χ0n) is 14.6. The third kappa shape index (κ3) is 3.04. The Bertz CT molecular complexity index is 1150. The quantitative estimate of drug-likeness (QED) is 0.591. The highest BCUT2D eigenvalue weighted by molar-refractivity contribution is 9.10. The second-order valence-corrected chi connectivity index (χ2v) is 7.27. The highest BCUT2D eigenvalue weighted by Crippen LogP contribution is 2.30. The van der Waals surface area contributed by atoms with Crippen LogP contribution in [0.25, 0.3) is 16.5 Å². The summed E-state index contributed by atoms with van der Waals surface area (Å²) in [4.78, 5) is 21.3. The lowest BCUT2D eigenvalue weighted by atomic mass is 10.1. The van der Waals surface area contributed by atoms with Gasteiger partial charge in [-0.05, 0) is 42.3 Å². The lowest BCUT2D eigenvalue weighted by Crippen LogP contribution is -2.26. The Kier molecular flexibility index (Phi) is 4.31. The molecule has 2 heterocycles. The molecule has 6 nitrogen and oxygen atoms in total. The zero-order valence-corrected chi connectivity index (χ0v) is 16.2. The van der Waals surface area contributed by atoms with Crippen LogP contribution in [-0.4, -0.2) is 27.5 Å². The number of anilines is 1. The summed E-state index contributed by atoms with van der Waals surface area (Å²) in [7, 11) is 0. The Morgan fingerprint density at radius 2 is 2.00 bits per heavy atom. The molecule has 0 saturated heterocycles. The molecule has 1 aliphatic heterocycles. The van der Waals surface area contributed by atoms with Crippen LogP contribution in [0.5, 0.6) is 0 Å². The van der Waals surface area contributed by atoms with E-state index in [2.05, 4.69) is 32.8 Å². The van der Waals surface area contributed by atoms with Gasteiger partial charge in [-0.25, -0.2) is 4.98 Å². The summed E-state index contributed by atoms with van der Waals surface area (Å²) in [5, 5.41) is 19.4. The number of amidine groups is 1. The maximum atomic E-state index is 12.4. The van der Waals surface area contributed by atoms with E-state index in [4.69, 9.17) is 5.41 Å². The number of nitrogens with one attached hydrogen (secondary N) is 2. The van der Waals surface area contributed by atoms with Crippen LogP contribution in [0.15, 0.2) is 57.5 Å². The number of benzene rings is 2. The minimum atomic E-state index is -0.310. The molecule has 0 unspecified atom stereocenters. The van der Waals surface area contributed by atoms with Gasteiger partial charge in [0.25, 0.3) is 5.56 Å². The second kappa shape index (κ2) is 6.66. The van der Waals surface area contributed by atoms with E-state index in [1.165, 1.54) is 5.56 Å². The van der Waals surface area contributed by atoms with E-state index in [0.29, 0.717) is 10.9 Å². The van der Waals surface area contributed by atoms with Gasteiger partial charge in [0.2, 0.25) is 0 Å². The molecular formula is C20H17BrN4O2. The number of aliphatic hydroxyl groups excluding tert-OH is 1. The number of fused-ring (bicyclic) bond motifs is 1. The average molecular weight is 425 g/mol. The van der Waals surface area contributed by atoms with Gasteiger partial charge in [0.15, 0.2) is 0 Å². The molecule has 0 fully saturated rings. The van der Waals surface area contributed by atoms with Gasteiger partial charge < -0.3 is 15.0 Å². The van der Waals surface area contributed by atoms with Gasteiger partial charge >= 0.3 is 0 Å². The molecule has 27 heavy (non-hydrogen) atoms. The van der Waals surface area contributed by atoms with Gasteiger partial charge in [0, 0.05) is 10.2 Å². The molecule has 7 heteroatoms. The predicted octanol–water partition coefficient (Wildman–Crippen LogP) is 4.01.